The summed E-state index contributed by atoms with van der Waals surface area (Å²) in [6.45, 7) is 1.48. The maximum absolute atomic E-state index is 12.5. The zero-order chi connectivity index (χ0) is 34.1. The zero-order valence-corrected chi connectivity index (χ0v) is 27.3. The number of benzene rings is 1. The molecule has 48 heavy (non-hydrogen) atoms. The Morgan fingerprint density at radius 1 is 1.08 bits per heavy atom. The Morgan fingerprint density at radius 2 is 1.88 bits per heavy atom. The minimum Gasteiger partial charge on any atom is -0.485 e. The summed E-state index contributed by atoms with van der Waals surface area (Å²) >= 11 is 0. The van der Waals surface area contributed by atoms with Gasteiger partial charge in [0, 0.05) is 42.8 Å². The Bertz CT molecular complexity index is 1440. The van der Waals surface area contributed by atoms with Crippen LogP contribution in [-0.2, 0) is 20.7 Å². The first-order valence-corrected chi connectivity index (χ1v) is 17.2. The number of ether oxygens (including phenoxy) is 4. The van der Waals surface area contributed by atoms with E-state index in [9.17, 15) is 35.4 Å². The molecule has 1 aliphatic heterocycles. The summed E-state index contributed by atoms with van der Waals surface area (Å²) in [5.74, 6) is -2.69. The monoisotopic (exact) mass is 675 g/mol. The van der Waals surface area contributed by atoms with Crippen molar-refractivity contribution >= 4 is 16.9 Å². The van der Waals surface area contributed by atoms with Gasteiger partial charge < -0.3 is 59.3 Å². The molecule has 6 rings (SSSR count). The quantitative estimate of drug-likeness (QED) is 0.0912. The van der Waals surface area contributed by atoms with Gasteiger partial charge in [0.25, 0.3) is 0 Å². The molecule has 13 heteroatoms. The number of nitrogens with one attached hydrogen (secondary N) is 1. The fourth-order valence-electron chi connectivity index (χ4n) is 8.38. The number of aliphatic hydroxyl groups is 6. The molecule has 1 aromatic heterocycles. The van der Waals surface area contributed by atoms with E-state index in [-0.39, 0.29) is 44.0 Å². The van der Waals surface area contributed by atoms with Gasteiger partial charge >= 0.3 is 5.97 Å². The first-order chi connectivity index (χ1) is 23.1. The first-order valence-electron chi connectivity index (χ1n) is 17.2. The van der Waals surface area contributed by atoms with Crippen LogP contribution in [0.3, 0.4) is 0 Å². The second kappa shape index (κ2) is 14.6. The summed E-state index contributed by atoms with van der Waals surface area (Å²) in [7, 11) is 0. The van der Waals surface area contributed by atoms with Gasteiger partial charge in [-0.05, 0) is 56.2 Å². The van der Waals surface area contributed by atoms with Gasteiger partial charge in [0.05, 0.1) is 25.6 Å². The molecular weight excluding hydrogens is 626 g/mol. The SMILES string of the molecule is CCOC(=O)CCc1cc2ccoc2c(OCCNC2CCCCC2)c1O[C@H]1O[C@H](CO)[C@]2(O)C[C@@H]3C=C[C@H](O)[C@@H](CO)[C@H]3[C@]1(O)[C@H]2O. The predicted molar refractivity (Wildman–Crippen MR) is 171 cm³/mol. The van der Waals surface area contributed by atoms with Crippen molar-refractivity contribution < 1.29 is 58.8 Å². The first kappa shape index (κ1) is 35.1. The van der Waals surface area contributed by atoms with Crippen LogP contribution in [0.15, 0.2) is 35.0 Å². The molecule has 0 spiro atoms. The highest BCUT2D eigenvalue weighted by Crippen LogP contribution is 2.56. The van der Waals surface area contributed by atoms with Gasteiger partial charge in [-0.3, -0.25) is 4.79 Å². The number of aryl methyl sites for hydroxylation is 1. The van der Waals surface area contributed by atoms with Crippen LogP contribution in [0.4, 0.5) is 0 Å². The molecule has 2 saturated carbocycles. The van der Waals surface area contributed by atoms with E-state index in [4.69, 9.17) is 23.4 Å². The maximum Gasteiger partial charge on any atom is 0.306 e. The van der Waals surface area contributed by atoms with E-state index in [1.807, 2.05) is 0 Å². The van der Waals surface area contributed by atoms with E-state index in [2.05, 4.69) is 5.32 Å². The Morgan fingerprint density at radius 3 is 2.60 bits per heavy atom. The van der Waals surface area contributed by atoms with Crippen molar-refractivity contribution in [3.63, 3.8) is 0 Å². The van der Waals surface area contributed by atoms with Crippen LogP contribution in [0.5, 0.6) is 11.5 Å². The third-order valence-electron chi connectivity index (χ3n) is 10.8. The van der Waals surface area contributed by atoms with Gasteiger partial charge in [0.1, 0.15) is 24.4 Å². The molecule has 1 saturated heterocycles. The summed E-state index contributed by atoms with van der Waals surface area (Å²) < 4.78 is 30.0. The van der Waals surface area contributed by atoms with Crippen molar-refractivity contribution in [1.82, 2.24) is 5.32 Å². The summed E-state index contributed by atoms with van der Waals surface area (Å²) in [6.07, 6.45) is 4.37. The molecule has 4 aliphatic rings. The molecule has 3 fully saturated rings. The second-order valence-electron chi connectivity index (χ2n) is 13.6. The molecule has 1 aromatic carbocycles. The fourth-order valence-corrected chi connectivity index (χ4v) is 8.38. The summed E-state index contributed by atoms with van der Waals surface area (Å²) in [4.78, 5) is 12.5. The van der Waals surface area contributed by atoms with Crippen molar-refractivity contribution in [3.05, 3.63) is 36.1 Å². The predicted octanol–water partition coefficient (Wildman–Crippen LogP) is 1.32. The molecule has 7 N–H and O–H groups in total. The molecule has 266 valence electrons. The number of hydrogen-bond acceptors (Lipinski definition) is 13. The van der Waals surface area contributed by atoms with E-state index >= 15 is 0 Å². The molecule has 0 unspecified atom stereocenters. The second-order valence-corrected chi connectivity index (χ2v) is 13.6. The van der Waals surface area contributed by atoms with Crippen molar-refractivity contribution in [3.8, 4) is 11.5 Å². The lowest BCUT2D eigenvalue weighted by Crippen LogP contribution is -2.81. The van der Waals surface area contributed by atoms with Crippen LogP contribution in [0.2, 0.25) is 0 Å². The number of furan rings is 1. The number of carbonyl (C=O) groups is 1. The standard InChI is InChI=1S/C35H49NO12/c1-2-44-27(40)11-9-20-16-21-12-14-45-29(21)31(46-15-13-36-23-6-4-3-5-7-23)30(20)48-33-35(43)28-22(8-10-25(39)24(28)18-37)17-34(42,32(35)41)26(19-38)47-33/h8,10,12,14,16,22-26,28,32-33,36-39,41-43H,2-7,9,11,13,15,17-19H2,1H3/t22-,24+,25-,26+,28-,32-,33+,34+,35-/m0/s1. The van der Waals surface area contributed by atoms with E-state index < -0.39 is 72.7 Å². The van der Waals surface area contributed by atoms with Gasteiger partial charge in [0.2, 0.25) is 12.0 Å². The Hall–Kier alpha value is -2.75. The number of rotatable bonds is 13. The molecule has 2 bridgehead atoms. The smallest absolute Gasteiger partial charge is 0.306 e. The molecule has 13 nitrogen and oxygen atoms in total. The topological polar surface area (TPSA) is 201 Å². The third kappa shape index (κ3) is 6.35. The number of fused-ring (bicyclic) bond motifs is 5. The van der Waals surface area contributed by atoms with Gasteiger partial charge in [0.15, 0.2) is 16.9 Å². The van der Waals surface area contributed by atoms with Crippen LogP contribution in [0.25, 0.3) is 11.0 Å². The van der Waals surface area contributed by atoms with E-state index in [1.54, 1.807) is 25.1 Å². The lowest BCUT2D eigenvalue weighted by Gasteiger charge is -2.63. The van der Waals surface area contributed by atoms with E-state index in [0.29, 0.717) is 29.1 Å². The minimum absolute atomic E-state index is 0.00192. The Balaban J connectivity index is 1.39. The number of allylic oxidation sites excluding steroid dienone is 1. The summed E-state index contributed by atoms with van der Waals surface area (Å²) in [5.41, 5.74) is -3.59. The number of hydrogen-bond donors (Lipinski definition) is 7. The molecular formula is C35H49NO12. The number of carbonyl (C=O) groups excluding carboxylic acids is 1. The number of aliphatic hydroxyl groups excluding tert-OH is 4. The highest BCUT2D eigenvalue weighted by Gasteiger charge is 2.72. The average molecular weight is 676 g/mol. The minimum atomic E-state index is -2.38. The van der Waals surface area contributed by atoms with Crippen LogP contribution in [-0.4, -0.2) is 111 Å². The van der Waals surface area contributed by atoms with Crippen LogP contribution in [0, 0.1) is 17.8 Å². The molecule has 0 radical (unpaired) electrons. The molecule has 0 amide bonds. The highest BCUT2D eigenvalue weighted by atomic mass is 16.7. The van der Waals surface area contributed by atoms with Gasteiger partial charge in [-0.15, -0.1) is 0 Å². The molecule has 3 aliphatic carbocycles. The lowest BCUT2D eigenvalue weighted by atomic mass is 9.53. The number of esters is 1. The van der Waals surface area contributed by atoms with Crippen molar-refractivity contribution in [2.75, 3.05) is 33.0 Å². The van der Waals surface area contributed by atoms with Crippen molar-refractivity contribution in [2.45, 2.75) is 100 Å². The van der Waals surface area contributed by atoms with Crippen molar-refractivity contribution in [1.29, 1.82) is 0 Å². The maximum atomic E-state index is 12.5. The Kier molecular flexibility index (Phi) is 10.7. The average Bonchev–Trinajstić information content (AvgIpc) is 3.55. The lowest BCUT2D eigenvalue weighted by molar-refractivity contribution is -0.391. The van der Waals surface area contributed by atoms with E-state index in [0.717, 1.165) is 12.8 Å². The van der Waals surface area contributed by atoms with Crippen LogP contribution >= 0.6 is 0 Å². The zero-order valence-electron chi connectivity index (χ0n) is 27.3. The van der Waals surface area contributed by atoms with Crippen LogP contribution in [0.1, 0.15) is 57.4 Å². The summed E-state index contributed by atoms with van der Waals surface area (Å²) in [6, 6.07) is 3.93. The van der Waals surface area contributed by atoms with Crippen LogP contribution < -0.4 is 14.8 Å². The normalized spacial score (nSPS) is 34.9. The largest absolute Gasteiger partial charge is 0.485 e. The fraction of sp³-hybridized carbons (Fsp3) is 0.686. The Labute approximate surface area is 279 Å². The highest BCUT2D eigenvalue weighted by molar-refractivity contribution is 5.87. The molecule has 2 aromatic rings. The van der Waals surface area contributed by atoms with Gasteiger partial charge in [-0.1, -0.05) is 31.4 Å². The molecule has 2 heterocycles. The van der Waals surface area contributed by atoms with Crippen molar-refractivity contribution in [2.24, 2.45) is 17.8 Å². The van der Waals surface area contributed by atoms with E-state index in [1.165, 1.54) is 31.6 Å². The van der Waals surface area contributed by atoms with Gasteiger partial charge in [-0.2, -0.15) is 0 Å². The third-order valence-corrected chi connectivity index (χ3v) is 10.8. The molecule has 9 atom stereocenters. The van der Waals surface area contributed by atoms with Gasteiger partial charge in [-0.25, -0.2) is 0 Å². The summed E-state index contributed by atoms with van der Waals surface area (Å²) in [5, 5.41) is 71.7.